The van der Waals surface area contributed by atoms with E-state index in [1.165, 1.54) is 29.5 Å². The summed E-state index contributed by atoms with van der Waals surface area (Å²) < 4.78 is 0. The highest BCUT2D eigenvalue weighted by Gasteiger charge is 1.89. The third kappa shape index (κ3) is 6.22. The van der Waals surface area contributed by atoms with E-state index in [9.17, 15) is 0 Å². The Morgan fingerprint density at radius 1 is 1.71 bits per heavy atom. The molecule has 43 valence electrons. The van der Waals surface area contributed by atoms with Gasteiger partial charge in [-0.25, -0.2) is 0 Å². The fourth-order valence-electron chi connectivity index (χ4n) is 0.553. The van der Waals surface area contributed by atoms with Crippen LogP contribution in [0.5, 0.6) is 0 Å². The zero-order valence-electron chi connectivity index (χ0n) is 5.41. The molecule has 1 atom stereocenters. The monoisotopic (exact) mass is 115 g/mol. The van der Waals surface area contributed by atoms with Gasteiger partial charge in [0.15, 0.2) is 0 Å². The van der Waals surface area contributed by atoms with Crippen LogP contribution in [0.1, 0.15) is 26.2 Å². The molecule has 0 aliphatic heterocycles. The molecule has 0 spiro atoms. The molecule has 0 aliphatic rings. The Balaban J connectivity index is 2.68. The molecule has 0 aromatic rings. The van der Waals surface area contributed by atoms with E-state index in [4.69, 9.17) is 0 Å². The average molecular weight is 115 g/mol. The van der Waals surface area contributed by atoms with E-state index >= 15 is 0 Å². The molecule has 0 aliphatic carbocycles. The molecule has 1 heteroatoms. The largest absolute Gasteiger partial charge is 0.0654 e. The van der Waals surface area contributed by atoms with Crippen molar-refractivity contribution < 1.29 is 0 Å². The molecule has 0 aromatic heterocycles. The summed E-state index contributed by atoms with van der Waals surface area (Å²) in [6, 6.07) is 0. The van der Waals surface area contributed by atoms with Crippen molar-refractivity contribution in [2.45, 2.75) is 31.7 Å². The van der Waals surface area contributed by atoms with E-state index in [-0.39, 0.29) is 0 Å². The Bertz CT molecular complexity index is 33.2. The van der Waals surface area contributed by atoms with Gasteiger partial charge in [-0.3, -0.25) is 0 Å². The molecule has 0 rings (SSSR count). The van der Waals surface area contributed by atoms with Crippen molar-refractivity contribution >= 4 is 10.2 Å². The summed E-state index contributed by atoms with van der Waals surface area (Å²) in [6.45, 7) is 6.16. The highest BCUT2D eigenvalue weighted by molar-refractivity contribution is 6.12. The van der Waals surface area contributed by atoms with Crippen molar-refractivity contribution in [3.05, 3.63) is 6.92 Å². The maximum atomic E-state index is 3.94. The van der Waals surface area contributed by atoms with E-state index in [1.54, 1.807) is 0 Å². The molecule has 0 nitrogen and oxygen atoms in total. The van der Waals surface area contributed by atoms with Crippen molar-refractivity contribution in [2.24, 2.45) is 0 Å². The zero-order chi connectivity index (χ0) is 5.70. The van der Waals surface area contributed by atoms with Crippen LogP contribution in [-0.4, -0.2) is 10.2 Å². The first-order chi connectivity index (χ1) is 3.27. The van der Waals surface area contributed by atoms with Gasteiger partial charge in [0, 0.05) is 10.2 Å². The Kier molecular flexibility index (Phi) is 4.51. The average Bonchev–Trinajstić information content (AvgIpc) is 1.61. The van der Waals surface area contributed by atoms with E-state index in [0.717, 1.165) is 5.54 Å². The summed E-state index contributed by atoms with van der Waals surface area (Å²) >= 11 is 0. The van der Waals surface area contributed by atoms with Gasteiger partial charge in [-0.15, -0.1) is 0 Å². The molecule has 0 amide bonds. The lowest BCUT2D eigenvalue weighted by Crippen LogP contribution is -1.83. The van der Waals surface area contributed by atoms with Crippen LogP contribution in [0.3, 0.4) is 0 Å². The summed E-state index contributed by atoms with van der Waals surface area (Å²) in [4.78, 5) is 0. The minimum absolute atomic E-state index is 0.792. The molecule has 0 saturated carbocycles. The number of hydrogen-bond donors (Lipinski definition) is 0. The predicted molar refractivity (Wildman–Crippen MR) is 38.6 cm³/mol. The van der Waals surface area contributed by atoms with Crippen LogP contribution in [0, 0.1) is 6.92 Å². The van der Waals surface area contributed by atoms with E-state index in [1.807, 2.05) is 0 Å². The lowest BCUT2D eigenvalue weighted by Gasteiger charge is -1.98. The van der Waals surface area contributed by atoms with Gasteiger partial charge in [0.05, 0.1) is 0 Å². The third-order valence-electron chi connectivity index (χ3n) is 1.05. The number of unbranched alkanes of at least 4 members (excludes halogenated alkanes) is 1. The summed E-state index contributed by atoms with van der Waals surface area (Å²) in [5, 5.41) is 0. The van der Waals surface area contributed by atoms with E-state index in [0.29, 0.717) is 0 Å². The van der Waals surface area contributed by atoms with Crippen LogP contribution >= 0.6 is 0 Å². The fourth-order valence-corrected chi connectivity index (χ4v) is 0.961. The summed E-state index contributed by atoms with van der Waals surface area (Å²) in [5.41, 5.74) is 0.792. The molecule has 0 N–H and O–H groups in total. The standard InChI is InChI=1S/C6H15Si/c1-3-4-5-6(2)7/h6H,2-5H2,1,7H3. The van der Waals surface area contributed by atoms with Gasteiger partial charge >= 0.3 is 0 Å². The minimum atomic E-state index is 0.792. The molecule has 0 fully saturated rings. The van der Waals surface area contributed by atoms with Gasteiger partial charge in [-0.1, -0.05) is 38.7 Å². The second kappa shape index (κ2) is 4.38. The lowest BCUT2D eigenvalue weighted by atomic mass is 10.2. The first kappa shape index (κ1) is 7.22. The zero-order valence-corrected chi connectivity index (χ0v) is 7.41. The van der Waals surface area contributed by atoms with Gasteiger partial charge in [0.25, 0.3) is 0 Å². The van der Waals surface area contributed by atoms with Crippen molar-refractivity contribution in [2.75, 3.05) is 0 Å². The summed E-state index contributed by atoms with van der Waals surface area (Å²) in [6.07, 6.45) is 4.05. The third-order valence-corrected chi connectivity index (χ3v) is 1.63. The summed E-state index contributed by atoms with van der Waals surface area (Å²) in [5.74, 6) is 0. The molecular formula is C6H15Si. The van der Waals surface area contributed by atoms with Crippen LogP contribution in [0.15, 0.2) is 0 Å². The maximum absolute atomic E-state index is 3.94. The molecule has 0 bridgehead atoms. The van der Waals surface area contributed by atoms with E-state index in [2.05, 4.69) is 13.8 Å². The normalized spacial score (nSPS) is 14.6. The highest BCUT2D eigenvalue weighted by atomic mass is 28.1. The topological polar surface area (TPSA) is 0 Å². The van der Waals surface area contributed by atoms with Crippen molar-refractivity contribution in [1.29, 1.82) is 0 Å². The molecule has 0 heterocycles. The SMILES string of the molecule is [CH2]C([SiH3])CCCC. The van der Waals surface area contributed by atoms with Crippen LogP contribution in [0.2, 0.25) is 5.54 Å². The Labute approximate surface area is 49.7 Å². The van der Waals surface area contributed by atoms with Crippen molar-refractivity contribution in [3.8, 4) is 0 Å². The van der Waals surface area contributed by atoms with Crippen LogP contribution < -0.4 is 0 Å². The predicted octanol–water partition coefficient (Wildman–Crippen LogP) is 1.16. The molecule has 1 unspecified atom stereocenters. The number of hydrogen-bond acceptors (Lipinski definition) is 0. The first-order valence-corrected chi connectivity index (χ1v) is 4.26. The van der Waals surface area contributed by atoms with Gasteiger partial charge in [0.2, 0.25) is 0 Å². The fraction of sp³-hybridized carbons (Fsp3) is 0.833. The quantitative estimate of drug-likeness (QED) is 0.484. The van der Waals surface area contributed by atoms with Crippen LogP contribution in [-0.2, 0) is 0 Å². The summed E-state index contributed by atoms with van der Waals surface area (Å²) in [7, 11) is 1.27. The molecule has 1 radical (unpaired) electrons. The lowest BCUT2D eigenvalue weighted by molar-refractivity contribution is 0.726. The van der Waals surface area contributed by atoms with Gasteiger partial charge in [-0.2, -0.15) is 0 Å². The van der Waals surface area contributed by atoms with E-state index < -0.39 is 0 Å². The smallest absolute Gasteiger partial charge is 0.00672 e. The minimum Gasteiger partial charge on any atom is -0.0654 e. The molecule has 0 aromatic carbocycles. The van der Waals surface area contributed by atoms with Crippen LogP contribution in [0.4, 0.5) is 0 Å². The Morgan fingerprint density at radius 3 is 2.43 bits per heavy atom. The highest BCUT2D eigenvalue weighted by Crippen LogP contribution is 2.06. The molecule has 7 heavy (non-hydrogen) atoms. The van der Waals surface area contributed by atoms with Crippen LogP contribution in [0.25, 0.3) is 0 Å². The first-order valence-electron chi connectivity index (χ1n) is 3.10. The maximum Gasteiger partial charge on any atom is 0.00672 e. The second-order valence-electron chi connectivity index (χ2n) is 2.25. The van der Waals surface area contributed by atoms with Crippen molar-refractivity contribution in [1.82, 2.24) is 0 Å². The second-order valence-corrected chi connectivity index (χ2v) is 3.88. The Hall–Kier alpha value is 0.217. The van der Waals surface area contributed by atoms with Crippen molar-refractivity contribution in [3.63, 3.8) is 0 Å². The van der Waals surface area contributed by atoms with Gasteiger partial charge in [0.1, 0.15) is 0 Å². The van der Waals surface area contributed by atoms with Gasteiger partial charge in [-0.05, 0) is 0 Å². The Morgan fingerprint density at radius 2 is 2.29 bits per heavy atom. The molecular weight excluding hydrogens is 100 g/mol. The van der Waals surface area contributed by atoms with Gasteiger partial charge < -0.3 is 0 Å². The number of rotatable bonds is 3. The molecule has 0 saturated heterocycles.